The second-order valence-electron chi connectivity index (χ2n) is 11.1. The summed E-state index contributed by atoms with van der Waals surface area (Å²) in [6.45, 7) is 0. The molecule has 4 nitrogen and oxygen atoms in total. The highest BCUT2D eigenvalue weighted by molar-refractivity contribution is 6.00. The van der Waals surface area contributed by atoms with Gasteiger partial charge in [-0.3, -0.25) is 9.59 Å². The van der Waals surface area contributed by atoms with Crippen LogP contribution in [0.2, 0.25) is 0 Å². The second-order valence-corrected chi connectivity index (χ2v) is 11.1. The van der Waals surface area contributed by atoms with Gasteiger partial charge >= 0.3 is 0 Å². The molecule has 0 radical (unpaired) electrons. The fourth-order valence-corrected chi connectivity index (χ4v) is 6.03. The molecule has 0 saturated heterocycles. The van der Waals surface area contributed by atoms with Crippen molar-refractivity contribution >= 4 is 43.4 Å². The summed E-state index contributed by atoms with van der Waals surface area (Å²) in [5.41, 5.74) is 5.18. The second kappa shape index (κ2) is 11.2. The van der Waals surface area contributed by atoms with E-state index in [1.54, 1.807) is 9.13 Å². The van der Waals surface area contributed by atoms with Gasteiger partial charge in [0.15, 0.2) is 0 Å². The molecule has 0 aliphatic heterocycles. The summed E-state index contributed by atoms with van der Waals surface area (Å²) >= 11 is 0. The monoisotopic (exact) mass is 570 g/mol. The van der Waals surface area contributed by atoms with E-state index < -0.39 is 0 Å². The van der Waals surface area contributed by atoms with Crippen LogP contribution in [0.25, 0.3) is 65.6 Å². The third-order valence-corrected chi connectivity index (χ3v) is 8.34. The minimum atomic E-state index is -0.116. The van der Waals surface area contributed by atoms with Gasteiger partial charge in [0, 0.05) is 35.6 Å². The van der Waals surface area contributed by atoms with Gasteiger partial charge in [0.05, 0.1) is 11.0 Å². The van der Waals surface area contributed by atoms with E-state index in [9.17, 15) is 9.59 Å². The third kappa shape index (κ3) is 4.87. The third-order valence-electron chi connectivity index (χ3n) is 8.34. The van der Waals surface area contributed by atoms with Crippen molar-refractivity contribution in [3.63, 3.8) is 0 Å². The van der Waals surface area contributed by atoms with Crippen LogP contribution in [0, 0.1) is 0 Å². The molecule has 4 bridgehead atoms. The predicted molar refractivity (Wildman–Crippen MR) is 184 cm³/mol. The van der Waals surface area contributed by atoms with E-state index in [4.69, 9.17) is 0 Å². The van der Waals surface area contributed by atoms with Crippen LogP contribution in [0.1, 0.15) is 0 Å². The number of nitrogens with zero attached hydrogens (tertiary/aromatic N) is 2. The average Bonchev–Trinajstić information content (AvgIpc) is 3.10. The predicted octanol–water partition coefficient (Wildman–Crippen LogP) is 8.72. The van der Waals surface area contributed by atoms with E-state index >= 15 is 0 Å². The zero-order chi connectivity index (χ0) is 30.2. The van der Waals surface area contributed by atoms with Gasteiger partial charge in [-0.2, -0.15) is 0 Å². The van der Waals surface area contributed by atoms with Crippen LogP contribution in [0.5, 0.6) is 0 Å². The first kappa shape index (κ1) is 27.1. The minimum absolute atomic E-state index is 0.116. The Balaban J connectivity index is 1.77. The summed E-state index contributed by atoms with van der Waals surface area (Å²) in [6.07, 6.45) is 0. The first-order chi connectivity index (χ1) is 21.5. The van der Waals surface area contributed by atoms with Gasteiger partial charge in [0.2, 0.25) is 0 Å². The number of benzene rings is 6. The maximum atomic E-state index is 14.3. The highest BCUT2D eigenvalue weighted by atomic mass is 16.1. The number of fused-ring (bicyclic) bond motifs is 8. The lowest BCUT2D eigenvalue weighted by Gasteiger charge is -2.09. The van der Waals surface area contributed by atoms with Crippen LogP contribution in [-0.2, 0) is 14.1 Å². The van der Waals surface area contributed by atoms with Crippen LogP contribution in [-0.4, -0.2) is 9.13 Å². The van der Waals surface area contributed by atoms with Crippen molar-refractivity contribution in [2.75, 3.05) is 0 Å². The van der Waals surface area contributed by atoms with E-state index in [0.717, 1.165) is 54.8 Å². The molecule has 0 aliphatic rings. The molecule has 7 aromatic rings. The number of hydrogen-bond donors (Lipinski definition) is 0. The first-order valence-electron chi connectivity index (χ1n) is 14.6. The molecule has 0 N–H and O–H groups in total. The van der Waals surface area contributed by atoms with Gasteiger partial charge in [-0.25, -0.2) is 0 Å². The van der Waals surface area contributed by atoms with Crippen molar-refractivity contribution in [2.45, 2.75) is 0 Å². The van der Waals surface area contributed by atoms with Crippen molar-refractivity contribution in [3.05, 3.63) is 166 Å². The van der Waals surface area contributed by atoms with Crippen molar-refractivity contribution in [3.8, 4) is 22.3 Å². The number of aromatic nitrogens is 2. The van der Waals surface area contributed by atoms with Crippen LogP contribution >= 0.6 is 0 Å². The van der Waals surface area contributed by atoms with E-state index in [-0.39, 0.29) is 11.1 Å². The summed E-state index contributed by atoms with van der Waals surface area (Å²) < 4.78 is 3.42. The highest BCUT2D eigenvalue weighted by Gasteiger charge is 2.09. The van der Waals surface area contributed by atoms with Gasteiger partial charge < -0.3 is 9.13 Å². The Morgan fingerprint density at radius 2 is 0.705 bits per heavy atom. The molecule has 7 rings (SSSR count). The lowest BCUT2D eigenvalue weighted by molar-refractivity contribution is 0.919. The molecule has 0 atom stereocenters. The number of rotatable bonds is 2. The molecule has 0 amide bonds. The first-order valence-corrected chi connectivity index (χ1v) is 14.6. The fraction of sp³-hybridized carbons (Fsp3) is 0.0500. The summed E-state index contributed by atoms with van der Waals surface area (Å²) in [6, 6.07) is 47.8. The van der Waals surface area contributed by atoms with E-state index in [2.05, 4.69) is 12.1 Å². The quantitative estimate of drug-likeness (QED) is 0.209. The van der Waals surface area contributed by atoms with Crippen LogP contribution in [0.4, 0.5) is 0 Å². The number of aryl methyl sites for hydroxylation is 2. The number of para-hydroxylation sites is 2. The Morgan fingerprint density at radius 3 is 1.11 bits per heavy atom. The molecule has 1 heterocycles. The zero-order valence-electron chi connectivity index (χ0n) is 24.6. The van der Waals surface area contributed by atoms with Crippen molar-refractivity contribution in [1.82, 2.24) is 9.13 Å². The Bertz CT molecular complexity index is 2270. The van der Waals surface area contributed by atoms with Crippen molar-refractivity contribution in [2.24, 2.45) is 14.1 Å². The van der Waals surface area contributed by atoms with E-state index in [0.29, 0.717) is 10.8 Å². The molecule has 0 fully saturated rings. The van der Waals surface area contributed by atoms with Crippen LogP contribution in [0.15, 0.2) is 155 Å². The van der Waals surface area contributed by atoms with Crippen LogP contribution in [0.3, 0.4) is 0 Å². The molecule has 0 aliphatic carbocycles. The summed E-state index contributed by atoms with van der Waals surface area (Å²) in [5.74, 6) is 0. The molecule has 212 valence electrons. The lowest BCUT2D eigenvalue weighted by Crippen LogP contribution is -2.15. The Labute approximate surface area is 254 Å². The minimum Gasteiger partial charge on any atom is -0.311 e. The highest BCUT2D eigenvalue weighted by Crippen LogP contribution is 2.28. The Morgan fingerprint density at radius 1 is 0.364 bits per heavy atom. The van der Waals surface area contributed by atoms with Gasteiger partial charge in [-0.1, -0.05) is 97.1 Å². The largest absolute Gasteiger partial charge is 0.311 e. The van der Waals surface area contributed by atoms with Crippen molar-refractivity contribution in [1.29, 1.82) is 0 Å². The smallest absolute Gasteiger partial charge is 0.258 e. The lowest BCUT2D eigenvalue weighted by atomic mass is 10.00. The topological polar surface area (TPSA) is 44.0 Å². The van der Waals surface area contributed by atoms with Gasteiger partial charge in [-0.05, 0) is 81.6 Å². The molecule has 0 unspecified atom stereocenters. The van der Waals surface area contributed by atoms with E-state index in [1.807, 2.05) is 148 Å². The summed E-state index contributed by atoms with van der Waals surface area (Å²) in [5, 5.41) is 4.60. The normalized spacial score (nSPS) is 11.1. The molecule has 6 aromatic carbocycles. The molecule has 0 spiro atoms. The molecule has 1 aromatic heterocycles. The van der Waals surface area contributed by atoms with Gasteiger partial charge in [0.1, 0.15) is 0 Å². The van der Waals surface area contributed by atoms with Gasteiger partial charge in [-0.15, -0.1) is 0 Å². The number of hydrogen-bond acceptors (Lipinski definition) is 2. The summed E-state index contributed by atoms with van der Waals surface area (Å²) in [7, 11) is 3.63. The molecule has 4 heteroatoms. The SMILES string of the molecule is Cn1c(=O)c2cc(-c3ccccc3)cc(c2)c2ccccc2n(C)c(=O)c2cc(-c3ccccc3)cc(c2)c2ccccc21. The standard InChI is InChI=1S/C40H30N2O2/c1-41-37-19-11-9-17-35(37)31-21-30(28-15-7-4-8-16-28)24-34(26-31)40(44)42(2)38-20-12-10-18-36(38)32-22-29(23-33(25-32)39(41)43)27-13-5-3-6-14-27/h3-26H,1-2H3. The molecule has 0 saturated carbocycles. The Hall–Kier alpha value is -5.74. The maximum absolute atomic E-state index is 14.3. The molecular formula is C40H30N2O2. The van der Waals surface area contributed by atoms with Crippen molar-refractivity contribution < 1.29 is 0 Å². The fourth-order valence-electron chi connectivity index (χ4n) is 6.03. The Kier molecular flexibility index (Phi) is 6.88. The average molecular weight is 571 g/mol. The van der Waals surface area contributed by atoms with Crippen LogP contribution < -0.4 is 11.1 Å². The molecular weight excluding hydrogens is 540 g/mol. The zero-order valence-corrected chi connectivity index (χ0v) is 24.6. The van der Waals surface area contributed by atoms with E-state index in [1.165, 1.54) is 0 Å². The summed E-state index contributed by atoms with van der Waals surface area (Å²) in [4.78, 5) is 28.7. The molecule has 44 heavy (non-hydrogen) atoms. The van der Waals surface area contributed by atoms with Gasteiger partial charge in [0.25, 0.3) is 11.1 Å². The maximum Gasteiger partial charge on any atom is 0.258 e.